The van der Waals surface area contributed by atoms with Gasteiger partial charge in [0.25, 0.3) is 0 Å². The van der Waals surface area contributed by atoms with E-state index in [0.717, 1.165) is 13.0 Å². The first-order valence-electron chi connectivity index (χ1n) is 6.71. The van der Waals surface area contributed by atoms with E-state index in [1.165, 1.54) is 6.07 Å². The molecule has 1 heterocycles. The van der Waals surface area contributed by atoms with E-state index in [0.29, 0.717) is 17.3 Å². The number of aryl methyl sites for hydroxylation is 1. The highest BCUT2D eigenvalue weighted by Gasteiger charge is 2.09. The number of hydrogen-bond donors (Lipinski definition) is 2. The van der Waals surface area contributed by atoms with E-state index >= 15 is 0 Å². The zero-order valence-corrected chi connectivity index (χ0v) is 12.5. The number of anilines is 1. The number of rotatable bonds is 7. The molecule has 0 fully saturated rings. The fourth-order valence-electron chi connectivity index (χ4n) is 1.81. The number of alkyl halides is 2. The molecule has 22 heavy (non-hydrogen) atoms. The van der Waals surface area contributed by atoms with Crippen LogP contribution in [-0.2, 0) is 6.54 Å². The smallest absolute Gasteiger partial charge is 0.387 e. The lowest BCUT2D eigenvalue weighted by atomic mass is 10.3. The number of para-hydroxylation sites is 2. The number of hydrogen-bond acceptors (Lipinski definition) is 3. The topological polar surface area (TPSA) is 51.1 Å². The first kappa shape index (κ1) is 16.2. The van der Waals surface area contributed by atoms with E-state index in [-0.39, 0.29) is 5.75 Å². The minimum absolute atomic E-state index is 0.0539. The Balaban J connectivity index is 1.77. The molecule has 2 N–H and O–H groups in total. The van der Waals surface area contributed by atoms with Gasteiger partial charge in [-0.25, -0.2) is 0 Å². The number of ether oxygens (including phenoxy) is 1. The van der Waals surface area contributed by atoms with Crippen molar-refractivity contribution in [1.82, 2.24) is 15.1 Å². The van der Waals surface area contributed by atoms with Gasteiger partial charge in [0.05, 0.1) is 5.69 Å². The molecule has 0 aliphatic rings. The predicted octanol–water partition coefficient (Wildman–Crippen LogP) is 2.86. The molecule has 2 aromatic rings. The summed E-state index contributed by atoms with van der Waals surface area (Å²) in [5.41, 5.74) is 0.396. The maximum Gasteiger partial charge on any atom is 0.387 e. The fraction of sp³-hybridized carbons (Fsp3) is 0.286. The Morgan fingerprint density at radius 1 is 1.32 bits per heavy atom. The lowest BCUT2D eigenvalue weighted by Crippen LogP contribution is -2.30. The van der Waals surface area contributed by atoms with Gasteiger partial charge in [-0.3, -0.25) is 4.68 Å². The van der Waals surface area contributed by atoms with Gasteiger partial charge in [0, 0.05) is 25.5 Å². The molecule has 0 atom stereocenters. The highest BCUT2D eigenvalue weighted by molar-refractivity contribution is 7.80. The summed E-state index contributed by atoms with van der Waals surface area (Å²) in [7, 11) is 0. The summed E-state index contributed by atoms with van der Waals surface area (Å²) >= 11 is 5.13. The molecule has 1 aromatic heterocycles. The lowest BCUT2D eigenvalue weighted by molar-refractivity contribution is -0.0493. The minimum Gasteiger partial charge on any atom is -0.433 e. The van der Waals surface area contributed by atoms with Gasteiger partial charge in [0.15, 0.2) is 5.11 Å². The van der Waals surface area contributed by atoms with Crippen LogP contribution in [0.3, 0.4) is 0 Å². The third kappa shape index (κ3) is 5.28. The van der Waals surface area contributed by atoms with Crippen LogP contribution in [0.5, 0.6) is 5.75 Å². The number of benzene rings is 1. The molecule has 5 nitrogen and oxygen atoms in total. The standard InChI is InChI=1S/C14H16F2N4OS/c15-13(16)21-12-6-2-1-5-11(12)19-14(22)17-7-3-9-20-10-4-8-18-20/h1-2,4-6,8,10,13H,3,7,9H2,(H2,17,19,22). The molecule has 0 saturated heterocycles. The minimum atomic E-state index is -2.88. The zero-order valence-electron chi connectivity index (χ0n) is 11.7. The Labute approximate surface area is 132 Å². The Bertz CT molecular complexity index is 592. The molecule has 0 radical (unpaired) electrons. The monoisotopic (exact) mass is 326 g/mol. The van der Waals surface area contributed by atoms with E-state index in [1.54, 1.807) is 24.4 Å². The third-order valence-electron chi connectivity index (χ3n) is 2.76. The van der Waals surface area contributed by atoms with Crippen LogP contribution in [0.2, 0.25) is 0 Å². The van der Waals surface area contributed by atoms with E-state index in [9.17, 15) is 8.78 Å². The van der Waals surface area contributed by atoms with Crippen molar-refractivity contribution in [3.8, 4) is 5.75 Å². The Morgan fingerprint density at radius 3 is 2.86 bits per heavy atom. The molecular weight excluding hydrogens is 310 g/mol. The summed E-state index contributed by atoms with van der Waals surface area (Å²) in [5, 5.41) is 10.3. The van der Waals surface area contributed by atoms with Gasteiger partial charge in [-0.15, -0.1) is 0 Å². The normalized spacial score (nSPS) is 10.5. The second-order valence-corrected chi connectivity index (χ2v) is 4.79. The predicted molar refractivity (Wildman–Crippen MR) is 84.1 cm³/mol. The van der Waals surface area contributed by atoms with Crippen LogP contribution in [0.25, 0.3) is 0 Å². The first-order chi connectivity index (χ1) is 10.6. The van der Waals surface area contributed by atoms with Crippen LogP contribution in [0, 0.1) is 0 Å². The fourth-order valence-corrected chi connectivity index (χ4v) is 2.02. The zero-order chi connectivity index (χ0) is 15.8. The van der Waals surface area contributed by atoms with Crippen LogP contribution in [0.1, 0.15) is 6.42 Å². The maximum absolute atomic E-state index is 12.3. The van der Waals surface area contributed by atoms with Gasteiger partial charge < -0.3 is 15.4 Å². The van der Waals surface area contributed by atoms with Crippen LogP contribution in [0.4, 0.5) is 14.5 Å². The summed E-state index contributed by atoms with van der Waals surface area (Å²) in [5.74, 6) is 0.0539. The highest BCUT2D eigenvalue weighted by Crippen LogP contribution is 2.25. The van der Waals surface area contributed by atoms with Crippen molar-refractivity contribution in [2.75, 3.05) is 11.9 Å². The molecule has 2 rings (SSSR count). The summed E-state index contributed by atoms with van der Waals surface area (Å²) in [4.78, 5) is 0. The van der Waals surface area contributed by atoms with Crippen molar-refractivity contribution in [3.05, 3.63) is 42.7 Å². The van der Waals surface area contributed by atoms with Crippen molar-refractivity contribution in [2.45, 2.75) is 19.6 Å². The first-order valence-corrected chi connectivity index (χ1v) is 7.12. The van der Waals surface area contributed by atoms with Gasteiger partial charge in [0.1, 0.15) is 5.75 Å². The van der Waals surface area contributed by atoms with Crippen molar-refractivity contribution < 1.29 is 13.5 Å². The van der Waals surface area contributed by atoms with Crippen LogP contribution in [-0.4, -0.2) is 28.0 Å². The van der Waals surface area contributed by atoms with Crippen molar-refractivity contribution >= 4 is 23.0 Å². The largest absolute Gasteiger partial charge is 0.433 e. The Hall–Kier alpha value is -2.22. The average Bonchev–Trinajstić information content (AvgIpc) is 2.98. The van der Waals surface area contributed by atoms with E-state index in [1.807, 2.05) is 16.9 Å². The molecule has 8 heteroatoms. The number of nitrogens with one attached hydrogen (secondary N) is 2. The molecule has 0 bridgehead atoms. The van der Waals surface area contributed by atoms with Crippen LogP contribution < -0.4 is 15.4 Å². The maximum atomic E-state index is 12.3. The molecule has 0 amide bonds. The summed E-state index contributed by atoms with van der Waals surface area (Å²) in [6.07, 6.45) is 4.44. The molecule has 118 valence electrons. The second kappa shape index (κ2) is 8.28. The molecule has 0 spiro atoms. The van der Waals surface area contributed by atoms with E-state index in [4.69, 9.17) is 12.2 Å². The van der Waals surface area contributed by atoms with Crippen molar-refractivity contribution in [2.24, 2.45) is 0 Å². The highest BCUT2D eigenvalue weighted by atomic mass is 32.1. The van der Waals surface area contributed by atoms with E-state index < -0.39 is 6.61 Å². The molecule has 0 aliphatic carbocycles. The summed E-state index contributed by atoms with van der Waals surface area (Å²) < 4.78 is 30.9. The average molecular weight is 326 g/mol. The SMILES string of the molecule is FC(F)Oc1ccccc1NC(=S)NCCCn1cccn1. The van der Waals surface area contributed by atoms with E-state index in [2.05, 4.69) is 20.5 Å². The Kier molecular flexibility index (Phi) is 6.08. The van der Waals surface area contributed by atoms with Crippen LogP contribution >= 0.6 is 12.2 Å². The second-order valence-electron chi connectivity index (χ2n) is 4.38. The summed E-state index contributed by atoms with van der Waals surface area (Å²) in [6.45, 7) is -1.46. The van der Waals surface area contributed by atoms with Gasteiger partial charge in [0.2, 0.25) is 0 Å². The van der Waals surface area contributed by atoms with Gasteiger partial charge in [-0.1, -0.05) is 12.1 Å². The summed E-state index contributed by atoms with van der Waals surface area (Å²) in [6, 6.07) is 8.26. The number of thiocarbonyl (C=S) groups is 1. The molecular formula is C14H16F2N4OS. The molecule has 0 saturated carbocycles. The molecule has 0 unspecified atom stereocenters. The molecule has 1 aromatic carbocycles. The van der Waals surface area contributed by atoms with Crippen molar-refractivity contribution in [1.29, 1.82) is 0 Å². The van der Waals surface area contributed by atoms with Gasteiger partial charge in [-0.2, -0.15) is 13.9 Å². The number of aromatic nitrogens is 2. The molecule has 0 aliphatic heterocycles. The van der Waals surface area contributed by atoms with Gasteiger partial charge >= 0.3 is 6.61 Å². The number of halogens is 2. The van der Waals surface area contributed by atoms with Crippen LogP contribution in [0.15, 0.2) is 42.7 Å². The quantitative estimate of drug-likeness (QED) is 0.605. The van der Waals surface area contributed by atoms with Gasteiger partial charge in [-0.05, 0) is 36.8 Å². The third-order valence-corrected chi connectivity index (χ3v) is 3.01. The van der Waals surface area contributed by atoms with Crippen molar-refractivity contribution in [3.63, 3.8) is 0 Å². The number of nitrogens with zero attached hydrogens (tertiary/aromatic N) is 2. The lowest BCUT2D eigenvalue weighted by Gasteiger charge is -2.14. The Morgan fingerprint density at radius 2 is 2.14 bits per heavy atom.